The number of nitrogens with one attached hydrogen (secondary N) is 2. The van der Waals surface area contributed by atoms with Crippen molar-refractivity contribution in [2.24, 2.45) is 5.92 Å². The van der Waals surface area contributed by atoms with Crippen LogP contribution < -0.4 is 16.2 Å². The van der Waals surface area contributed by atoms with Crippen molar-refractivity contribution in [1.82, 2.24) is 15.2 Å². The molecular weight excluding hydrogens is 349 g/mol. The third kappa shape index (κ3) is 4.07. The fraction of sp³-hybridized carbons (Fsp3) is 0.350. The summed E-state index contributed by atoms with van der Waals surface area (Å²) in [5.74, 6) is -0.976. The van der Waals surface area contributed by atoms with Crippen LogP contribution in [0.1, 0.15) is 45.2 Å². The van der Waals surface area contributed by atoms with Crippen LogP contribution >= 0.6 is 0 Å². The van der Waals surface area contributed by atoms with Gasteiger partial charge in [0.1, 0.15) is 11.4 Å². The standard InChI is InChI=1S/C20H22FN3O3/c1-11-4-5-16(21)13(6-11)9-24-10-14(18(25)23-17-7-12(17)2)8-15(20(24)27)19(26)22-3/h4-6,8,10,12,17H,7,9H2,1-3H3,(H,22,26)(H,23,25). The Kier molecular flexibility index (Phi) is 5.12. The number of pyridine rings is 1. The van der Waals surface area contributed by atoms with E-state index in [0.717, 1.165) is 12.0 Å². The van der Waals surface area contributed by atoms with Crippen LogP contribution in [0.2, 0.25) is 0 Å². The molecule has 0 saturated heterocycles. The summed E-state index contributed by atoms with van der Waals surface area (Å²) < 4.78 is 15.3. The maximum absolute atomic E-state index is 14.1. The summed E-state index contributed by atoms with van der Waals surface area (Å²) in [5, 5.41) is 5.28. The molecule has 1 saturated carbocycles. The minimum atomic E-state index is -0.590. The van der Waals surface area contributed by atoms with Gasteiger partial charge in [0.2, 0.25) is 0 Å². The van der Waals surface area contributed by atoms with Crippen LogP contribution in [0.25, 0.3) is 0 Å². The molecule has 7 heteroatoms. The summed E-state index contributed by atoms with van der Waals surface area (Å²) in [4.78, 5) is 37.3. The molecule has 1 heterocycles. The summed E-state index contributed by atoms with van der Waals surface area (Å²) in [5.41, 5.74) is 0.630. The largest absolute Gasteiger partial charge is 0.355 e. The normalized spacial score (nSPS) is 18.1. The Bertz CT molecular complexity index is 967. The molecule has 1 fully saturated rings. The zero-order chi connectivity index (χ0) is 19.7. The van der Waals surface area contributed by atoms with Crippen LogP contribution in [0.5, 0.6) is 0 Å². The second-order valence-electron chi connectivity index (χ2n) is 7.04. The van der Waals surface area contributed by atoms with Crippen molar-refractivity contribution in [1.29, 1.82) is 0 Å². The Morgan fingerprint density at radius 2 is 1.96 bits per heavy atom. The van der Waals surface area contributed by atoms with Crippen molar-refractivity contribution in [3.05, 3.63) is 68.9 Å². The van der Waals surface area contributed by atoms with E-state index in [1.165, 1.54) is 29.9 Å². The lowest BCUT2D eigenvalue weighted by Gasteiger charge is -2.13. The number of carbonyl (C=O) groups is 2. The number of hydrogen-bond donors (Lipinski definition) is 2. The van der Waals surface area contributed by atoms with E-state index in [1.54, 1.807) is 12.1 Å². The molecule has 142 valence electrons. The Hall–Kier alpha value is -2.96. The van der Waals surface area contributed by atoms with Crippen LogP contribution in [0, 0.1) is 18.7 Å². The molecule has 0 bridgehead atoms. The predicted octanol–water partition coefficient (Wildman–Crippen LogP) is 1.84. The smallest absolute Gasteiger partial charge is 0.263 e. The third-order valence-corrected chi connectivity index (χ3v) is 4.79. The fourth-order valence-corrected chi connectivity index (χ4v) is 2.96. The van der Waals surface area contributed by atoms with Gasteiger partial charge in [-0.3, -0.25) is 14.4 Å². The molecule has 3 rings (SSSR count). The zero-order valence-electron chi connectivity index (χ0n) is 15.5. The number of carbonyl (C=O) groups excluding carboxylic acids is 2. The highest BCUT2D eigenvalue weighted by atomic mass is 19.1. The van der Waals surface area contributed by atoms with Gasteiger partial charge in [-0.05, 0) is 31.4 Å². The van der Waals surface area contributed by atoms with Crippen LogP contribution in [0.15, 0.2) is 35.3 Å². The van der Waals surface area contributed by atoms with Gasteiger partial charge < -0.3 is 15.2 Å². The third-order valence-electron chi connectivity index (χ3n) is 4.79. The number of amides is 2. The van der Waals surface area contributed by atoms with Gasteiger partial charge >= 0.3 is 0 Å². The molecule has 1 aromatic carbocycles. The highest BCUT2D eigenvalue weighted by Gasteiger charge is 2.34. The van der Waals surface area contributed by atoms with Gasteiger partial charge in [-0.2, -0.15) is 0 Å². The topological polar surface area (TPSA) is 80.2 Å². The summed E-state index contributed by atoms with van der Waals surface area (Å²) in [6.45, 7) is 3.78. The van der Waals surface area contributed by atoms with Crippen LogP contribution in [-0.4, -0.2) is 29.5 Å². The van der Waals surface area contributed by atoms with Crippen molar-refractivity contribution in [2.45, 2.75) is 32.9 Å². The molecule has 1 aliphatic rings. The summed E-state index contributed by atoms with van der Waals surface area (Å²) >= 11 is 0. The van der Waals surface area contributed by atoms with Gasteiger partial charge in [0.25, 0.3) is 17.4 Å². The van der Waals surface area contributed by atoms with Gasteiger partial charge in [-0.25, -0.2) is 4.39 Å². The molecular formula is C20H22FN3O3. The first kappa shape index (κ1) is 18.8. The average Bonchev–Trinajstić information content (AvgIpc) is 3.33. The van der Waals surface area contributed by atoms with E-state index in [4.69, 9.17) is 0 Å². The molecule has 2 amide bonds. The van der Waals surface area contributed by atoms with Crippen molar-refractivity contribution >= 4 is 11.8 Å². The number of halogens is 1. The average molecular weight is 371 g/mol. The Balaban J connectivity index is 2.01. The Morgan fingerprint density at radius 1 is 1.26 bits per heavy atom. The highest BCUT2D eigenvalue weighted by molar-refractivity contribution is 5.99. The minimum Gasteiger partial charge on any atom is -0.355 e. The molecule has 1 aliphatic carbocycles. The molecule has 2 aromatic rings. The monoisotopic (exact) mass is 371 g/mol. The fourth-order valence-electron chi connectivity index (χ4n) is 2.96. The Morgan fingerprint density at radius 3 is 2.59 bits per heavy atom. The summed E-state index contributed by atoms with van der Waals surface area (Å²) in [7, 11) is 1.41. The number of benzene rings is 1. The maximum Gasteiger partial charge on any atom is 0.263 e. The van der Waals surface area contributed by atoms with Gasteiger partial charge in [-0.1, -0.05) is 24.6 Å². The molecule has 0 aliphatic heterocycles. The van der Waals surface area contributed by atoms with Crippen LogP contribution in [0.4, 0.5) is 4.39 Å². The van der Waals surface area contributed by atoms with E-state index in [2.05, 4.69) is 10.6 Å². The number of aromatic nitrogens is 1. The van der Waals surface area contributed by atoms with E-state index in [-0.39, 0.29) is 29.6 Å². The van der Waals surface area contributed by atoms with E-state index < -0.39 is 17.3 Å². The highest BCUT2D eigenvalue weighted by Crippen LogP contribution is 2.29. The molecule has 2 unspecified atom stereocenters. The van der Waals surface area contributed by atoms with Crippen molar-refractivity contribution in [3.8, 4) is 0 Å². The Labute approximate surface area is 156 Å². The van der Waals surface area contributed by atoms with Gasteiger partial charge in [0, 0.05) is 24.8 Å². The molecule has 2 atom stereocenters. The summed E-state index contributed by atoms with van der Waals surface area (Å²) in [6.07, 6.45) is 2.28. The first-order chi connectivity index (χ1) is 12.8. The van der Waals surface area contributed by atoms with E-state index in [0.29, 0.717) is 11.5 Å². The second-order valence-corrected chi connectivity index (χ2v) is 7.04. The quantitative estimate of drug-likeness (QED) is 0.842. The molecule has 0 radical (unpaired) electrons. The first-order valence-electron chi connectivity index (χ1n) is 8.82. The SMILES string of the molecule is CNC(=O)c1cc(C(=O)NC2CC2C)cn(Cc2cc(C)ccc2F)c1=O. The van der Waals surface area contributed by atoms with Crippen LogP contribution in [-0.2, 0) is 6.54 Å². The zero-order valence-corrected chi connectivity index (χ0v) is 15.5. The molecule has 6 nitrogen and oxygen atoms in total. The van der Waals surface area contributed by atoms with Gasteiger partial charge in [0.05, 0.1) is 12.1 Å². The van der Waals surface area contributed by atoms with Crippen molar-refractivity contribution in [3.63, 3.8) is 0 Å². The number of nitrogens with zero attached hydrogens (tertiary/aromatic N) is 1. The number of rotatable bonds is 5. The van der Waals surface area contributed by atoms with Crippen molar-refractivity contribution in [2.75, 3.05) is 7.05 Å². The minimum absolute atomic E-state index is 0.0721. The number of hydrogen-bond acceptors (Lipinski definition) is 3. The second kappa shape index (κ2) is 7.34. The van der Waals surface area contributed by atoms with E-state index in [1.807, 2.05) is 13.8 Å². The summed E-state index contributed by atoms with van der Waals surface area (Å²) in [6, 6.07) is 6.00. The van der Waals surface area contributed by atoms with Crippen LogP contribution in [0.3, 0.4) is 0 Å². The lowest BCUT2D eigenvalue weighted by atomic mass is 10.1. The molecule has 1 aromatic heterocycles. The van der Waals surface area contributed by atoms with E-state index in [9.17, 15) is 18.8 Å². The lowest BCUT2D eigenvalue weighted by Crippen LogP contribution is -2.34. The molecule has 2 N–H and O–H groups in total. The van der Waals surface area contributed by atoms with E-state index >= 15 is 0 Å². The lowest BCUT2D eigenvalue weighted by molar-refractivity contribution is 0.0948. The van der Waals surface area contributed by atoms with Gasteiger partial charge in [-0.15, -0.1) is 0 Å². The first-order valence-corrected chi connectivity index (χ1v) is 8.82. The number of aryl methyl sites for hydroxylation is 1. The molecule has 0 spiro atoms. The van der Waals surface area contributed by atoms with Gasteiger partial charge in [0.15, 0.2) is 0 Å². The maximum atomic E-state index is 14.1. The molecule has 27 heavy (non-hydrogen) atoms. The predicted molar refractivity (Wildman–Crippen MR) is 99.4 cm³/mol. The van der Waals surface area contributed by atoms with Crippen molar-refractivity contribution < 1.29 is 14.0 Å².